The van der Waals surface area contributed by atoms with Gasteiger partial charge in [-0.25, -0.2) is 0 Å². The van der Waals surface area contributed by atoms with E-state index in [0.717, 1.165) is 0 Å². The standard InChI is InChI=1S/C6H9N4O2S/c1-4(13)6(3-5(11)12-2)7-9-10-8-6/h4,13H,1,3H2,2H3. The van der Waals surface area contributed by atoms with Gasteiger partial charge in [-0.15, -0.1) is 10.2 Å². The van der Waals surface area contributed by atoms with Crippen LogP contribution in [0.1, 0.15) is 6.42 Å². The molecule has 0 aromatic heterocycles. The highest BCUT2D eigenvalue weighted by Crippen LogP contribution is 2.31. The Morgan fingerprint density at radius 3 is 2.54 bits per heavy atom. The molecule has 0 saturated heterocycles. The molecule has 1 rings (SSSR count). The summed E-state index contributed by atoms with van der Waals surface area (Å²) in [6.07, 6.45) is -0.0475. The first-order valence-corrected chi connectivity index (χ1v) is 4.04. The average Bonchev–Trinajstić information content (AvgIpc) is 2.54. The van der Waals surface area contributed by atoms with Crippen LogP contribution in [0.2, 0.25) is 0 Å². The Morgan fingerprint density at radius 2 is 2.15 bits per heavy atom. The number of methoxy groups -OCH3 is 1. The SMILES string of the molecule is [CH2]C(S)C1(CC(=O)OC)N=NN=N1. The predicted octanol–water partition coefficient (Wildman–Crippen LogP) is 1.21. The van der Waals surface area contributed by atoms with Gasteiger partial charge in [-0.3, -0.25) is 4.79 Å². The van der Waals surface area contributed by atoms with Crippen molar-refractivity contribution in [3.05, 3.63) is 6.92 Å². The molecule has 1 atom stereocenters. The Morgan fingerprint density at radius 1 is 1.62 bits per heavy atom. The summed E-state index contributed by atoms with van der Waals surface area (Å²) in [4.78, 5) is 11.0. The largest absolute Gasteiger partial charge is 0.469 e. The van der Waals surface area contributed by atoms with Gasteiger partial charge in [-0.05, 0) is 17.4 Å². The van der Waals surface area contributed by atoms with Crippen LogP contribution in [0.3, 0.4) is 0 Å². The summed E-state index contributed by atoms with van der Waals surface area (Å²) in [5.74, 6) is -0.442. The van der Waals surface area contributed by atoms with Crippen molar-refractivity contribution in [1.29, 1.82) is 0 Å². The number of thiol groups is 1. The molecule has 1 radical (unpaired) electrons. The van der Waals surface area contributed by atoms with Crippen molar-refractivity contribution in [1.82, 2.24) is 0 Å². The van der Waals surface area contributed by atoms with E-state index in [9.17, 15) is 4.79 Å². The van der Waals surface area contributed by atoms with E-state index in [1.54, 1.807) is 0 Å². The van der Waals surface area contributed by atoms with Gasteiger partial charge in [0.25, 0.3) is 0 Å². The van der Waals surface area contributed by atoms with Gasteiger partial charge in [-0.2, -0.15) is 12.6 Å². The molecule has 0 spiro atoms. The molecule has 1 aliphatic heterocycles. The molecule has 0 bridgehead atoms. The van der Waals surface area contributed by atoms with Crippen LogP contribution in [0.25, 0.3) is 0 Å². The van der Waals surface area contributed by atoms with Crippen LogP contribution in [-0.4, -0.2) is 24.0 Å². The van der Waals surface area contributed by atoms with Gasteiger partial charge in [0.15, 0.2) is 0 Å². The number of esters is 1. The molecule has 1 heterocycles. The average molecular weight is 201 g/mol. The maximum atomic E-state index is 11.0. The van der Waals surface area contributed by atoms with Crippen molar-refractivity contribution in [3.63, 3.8) is 0 Å². The van der Waals surface area contributed by atoms with Crippen LogP contribution >= 0.6 is 12.6 Å². The topological polar surface area (TPSA) is 75.7 Å². The van der Waals surface area contributed by atoms with Crippen LogP contribution < -0.4 is 0 Å². The minimum atomic E-state index is -1.09. The number of nitrogens with zero attached hydrogens (tertiary/aromatic N) is 4. The van der Waals surface area contributed by atoms with Crippen LogP contribution in [-0.2, 0) is 9.53 Å². The smallest absolute Gasteiger partial charge is 0.310 e. The third kappa shape index (κ3) is 2.03. The van der Waals surface area contributed by atoms with Gasteiger partial charge in [0.05, 0.1) is 18.8 Å². The van der Waals surface area contributed by atoms with Gasteiger partial charge >= 0.3 is 5.97 Å². The third-order valence-electron chi connectivity index (χ3n) is 1.64. The fraction of sp³-hybridized carbons (Fsp3) is 0.667. The first-order chi connectivity index (χ1) is 6.10. The summed E-state index contributed by atoms with van der Waals surface area (Å²) in [6, 6.07) is 0. The minimum Gasteiger partial charge on any atom is -0.469 e. The summed E-state index contributed by atoms with van der Waals surface area (Å²) in [5, 5.41) is 13.6. The number of ether oxygens (including phenoxy) is 1. The molecule has 1 aliphatic rings. The number of hydrogen-bond acceptors (Lipinski definition) is 7. The monoisotopic (exact) mass is 201 g/mol. The maximum absolute atomic E-state index is 11.0. The molecular formula is C6H9N4O2S. The van der Waals surface area contributed by atoms with Crippen LogP contribution in [0.4, 0.5) is 0 Å². The summed E-state index contributed by atoms with van der Waals surface area (Å²) in [5.41, 5.74) is -1.09. The summed E-state index contributed by atoms with van der Waals surface area (Å²) >= 11 is 4.07. The zero-order valence-corrected chi connectivity index (χ0v) is 7.94. The summed E-state index contributed by atoms with van der Waals surface area (Å²) in [6.45, 7) is 3.63. The van der Waals surface area contributed by atoms with Crippen LogP contribution in [0.15, 0.2) is 20.7 Å². The fourth-order valence-electron chi connectivity index (χ4n) is 0.821. The van der Waals surface area contributed by atoms with E-state index in [4.69, 9.17) is 0 Å². The van der Waals surface area contributed by atoms with Crippen molar-refractivity contribution in [2.75, 3.05) is 7.11 Å². The Bertz CT molecular complexity index is 251. The molecule has 0 aromatic carbocycles. The van der Waals surface area contributed by atoms with Crippen molar-refractivity contribution >= 4 is 18.6 Å². The lowest BCUT2D eigenvalue weighted by Crippen LogP contribution is -2.34. The molecular weight excluding hydrogens is 192 g/mol. The van der Waals surface area contributed by atoms with Crippen molar-refractivity contribution in [2.45, 2.75) is 17.3 Å². The van der Waals surface area contributed by atoms with Crippen LogP contribution in [0.5, 0.6) is 0 Å². The van der Waals surface area contributed by atoms with Crippen molar-refractivity contribution in [2.24, 2.45) is 20.7 Å². The number of carbonyl (C=O) groups excluding carboxylic acids is 1. The predicted molar refractivity (Wildman–Crippen MR) is 47.2 cm³/mol. The zero-order valence-electron chi connectivity index (χ0n) is 7.04. The van der Waals surface area contributed by atoms with Gasteiger partial charge in [0, 0.05) is 0 Å². The lowest BCUT2D eigenvalue weighted by Gasteiger charge is -2.20. The normalized spacial score (nSPS) is 20.2. The van der Waals surface area contributed by atoms with E-state index in [2.05, 4.69) is 45.0 Å². The number of hydrogen-bond donors (Lipinski definition) is 1. The van der Waals surface area contributed by atoms with Crippen molar-refractivity contribution in [3.8, 4) is 0 Å². The quantitative estimate of drug-likeness (QED) is 0.550. The zero-order chi connectivity index (χ0) is 9.90. The molecule has 0 N–H and O–H groups in total. The van der Waals surface area contributed by atoms with E-state index >= 15 is 0 Å². The van der Waals surface area contributed by atoms with Gasteiger partial charge in [0.1, 0.15) is 0 Å². The number of rotatable bonds is 3. The fourth-order valence-corrected chi connectivity index (χ4v) is 1.02. The molecule has 0 saturated carbocycles. The summed E-state index contributed by atoms with van der Waals surface area (Å²) < 4.78 is 4.48. The van der Waals surface area contributed by atoms with Gasteiger partial charge in [-0.1, -0.05) is 0 Å². The first kappa shape index (κ1) is 10.1. The van der Waals surface area contributed by atoms with Crippen molar-refractivity contribution < 1.29 is 9.53 Å². The second-order valence-electron chi connectivity index (χ2n) is 2.53. The maximum Gasteiger partial charge on any atom is 0.310 e. The number of carbonyl (C=O) groups is 1. The molecule has 0 fully saturated rings. The molecule has 0 aliphatic carbocycles. The minimum absolute atomic E-state index is 0.0475. The molecule has 7 heteroatoms. The van der Waals surface area contributed by atoms with E-state index in [-0.39, 0.29) is 6.42 Å². The van der Waals surface area contributed by atoms with E-state index in [1.807, 2.05) is 0 Å². The lowest BCUT2D eigenvalue weighted by atomic mass is 10.1. The Kier molecular flexibility index (Phi) is 2.97. The molecule has 0 amide bonds. The van der Waals surface area contributed by atoms with E-state index in [1.165, 1.54) is 7.11 Å². The molecule has 1 unspecified atom stereocenters. The molecule has 13 heavy (non-hydrogen) atoms. The van der Waals surface area contributed by atoms with Crippen LogP contribution in [0, 0.1) is 6.92 Å². The van der Waals surface area contributed by atoms with E-state index < -0.39 is 16.9 Å². The first-order valence-electron chi connectivity index (χ1n) is 3.53. The third-order valence-corrected chi connectivity index (χ3v) is 2.06. The van der Waals surface area contributed by atoms with Gasteiger partial charge < -0.3 is 4.74 Å². The van der Waals surface area contributed by atoms with Gasteiger partial charge in [0.2, 0.25) is 5.66 Å². The molecule has 71 valence electrons. The molecule has 0 aromatic rings. The van der Waals surface area contributed by atoms with E-state index in [0.29, 0.717) is 0 Å². The lowest BCUT2D eigenvalue weighted by molar-refractivity contribution is -0.141. The highest BCUT2D eigenvalue weighted by atomic mass is 32.1. The Balaban J connectivity index is 2.75. The second-order valence-corrected chi connectivity index (χ2v) is 3.15. The Hall–Kier alpha value is -0.980. The second kappa shape index (κ2) is 3.82. The highest BCUT2D eigenvalue weighted by molar-refractivity contribution is 7.81. The summed E-state index contributed by atoms with van der Waals surface area (Å²) in [7, 11) is 1.29. The Labute approximate surface area is 80.9 Å². The molecule has 6 nitrogen and oxygen atoms in total. The highest BCUT2D eigenvalue weighted by Gasteiger charge is 2.40.